The summed E-state index contributed by atoms with van der Waals surface area (Å²) in [6.07, 6.45) is 0. The molecule has 1 radical (unpaired) electrons. The second-order valence-corrected chi connectivity index (χ2v) is 4.89. The third-order valence-corrected chi connectivity index (χ3v) is 3.06. The second kappa shape index (κ2) is 5.34. The highest BCUT2D eigenvalue weighted by Crippen LogP contribution is 2.15. The van der Waals surface area contributed by atoms with E-state index in [-0.39, 0.29) is 0 Å². The van der Waals surface area contributed by atoms with Gasteiger partial charge in [0.15, 0.2) is 0 Å². The molecule has 1 nitrogen and oxygen atoms in total. The van der Waals surface area contributed by atoms with Crippen molar-refractivity contribution in [1.82, 2.24) is 0 Å². The Labute approximate surface area is 110 Å². The van der Waals surface area contributed by atoms with Crippen molar-refractivity contribution >= 4 is 28.3 Å². The first kappa shape index (κ1) is 11.5. The van der Waals surface area contributed by atoms with E-state index in [0.29, 0.717) is 0 Å². The molecule has 2 aromatic rings. The van der Waals surface area contributed by atoms with E-state index >= 15 is 0 Å². The maximum Gasteiger partial charge on any atom is 0.0401 e. The molecule has 2 heteroatoms. The Kier molecular flexibility index (Phi) is 3.83. The summed E-state index contributed by atoms with van der Waals surface area (Å²) >= 11 is 2.33. The molecule has 0 fully saturated rings. The van der Waals surface area contributed by atoms with Gasteiger partial charge in [0.25, 0.3) is 0 Å². The largest absolute Gasteiger partial charge is 0.381 e. The molecule has 81 valence electrons. The first-order chi connectivity index (χ1) is 7.75. The fourth-order valence-corrected chi connectivity index (χ4v) is 2.14. The molecule has 2 rings (SSSR count). The third kappa shape index (κ3) is 2.98. The summed E-state index contributed by atoms with van der Waals surface area (Å²) in [7, 11) is 0. The Morgan fingerprint density at radius 1 is 1.06 bits per heavy atom. The monoisotopic (exact) mass is 322 g/mol. The molecule has 16 heavy (non-hydrogen) atoms. The van der Waals surface area contributed by atoms with Crippen molar-refractivity contribution in [3.05, 3.63) is 70.2 Å². The van der Waals surface area contributed by atoms with Crippen LogP contribution in [0.25, 0.3) is 0 Å². The molecule has 0 saturated carbocycles. The molecule has 0 atom stereocenters. The van der Waals surface area contributed by atoms with E-state index in [0.717, 1.165) is 17.8 Å². The van der Waals surface area contributed by atoms with Crippen LogP contribution in [0.2, 0.25) is 0 Å². The van der Waals surface area contributed by atoms with Crippen molar-refractivity contribution < 1.29 is 0 Å². The second-order valence-electron chi connectivity index (χ2n) is 3.64. The van der Waals surface area contributed by atoms with Gasteiger partial charge in [-0.1, -0.05) is 30.3 Å². The number of halogens is 1. The molecule has 0 saturated heterocycles. The minimum atomic E-state index is 0.837. The standard InChI is InChI=1S/C14H13IN/c1-11-5-2-3-8-14(11)16-10-12-6-4-7-13(15)9-12/h2-9,16H,1,10H2. The van der Waals surface area contributed by atoms with E-state index < -0.39 is 0 Å². The van der Waals surface area contributed by atoms with Crippen molar-refractivity contribution in [2.75, 3.05) is 5.32 Å². The zero-order valence-corrected chi connectivity index (χ0v) is 11.1. The SMILES string of the molecule is [CH2]c1ccccc1NCc1cccc(I)c1. The number of rotatable bonds is 3. The Hall–Kier alpha value is -1.03. The fraction of sp³-hybridized carbons (Fsp3) is 0.0714. The van der Waals surface area contributed by atoms with Gasteiger partial charge in [-0.05, 0) is 58.8 Å². The molecule has 0 aliphatic heterocycles. The van der Waals surface area contributed by atoms with Gasteiger partial charge >= 0.3 is 0 Å². The normalized spacial score (nSPS) is 10.1. The van der Waals surface area contributed by atoms with Crippen molar-refractivity contribution in [3.63, 3.8) is 0 Å². The lowest BCUT2D eigenvalue weighted by atomic mass is 10.2. The van der Waals surface area contributed by atoms with Crippen LogP contribution in [0, 0.1) is 10.5 Å². The molecule has 0 unspecified atom stereocenters. The van der Waals surface area contributed by atoms with E-state index in [4.69, 9.17) is 0 Å². The van der Waals surface area contributed by atoms with E-state index in [9.17, 15) is 0 Å². The maximum atomic E-state index is 3.99. The summed E-state index contributed by atoms with van der Waals surface area (Å²) in [5, 5.41) is 3.39. The van der Waals surface area contributed by atoms with Crippen molar-refractivity contribution in [2.45, 2.75) is 6.54 Å². The molecular formula is C14H13IN. The summed E-state index contributed by atoms with van der Waals surface area (Å²) in [5.41, 5.74) is 3.42. The highest BCUT2D eigenvalue weighted by Gasteiger charge is 1.97. The Bertz CT molecular complexity index is 480. The summed E-state index contributed by atoms with van der Waals surface area (Å²) in [5.74, 6) is 0. The van der Waals surface area contributed by atoms with Gasteiger partial charge in [0.2, 0.25) is 0 Å². The minimum absolute atomic E-state index is 0.837. The molecule has 0 spiro atoms. The molecule has 2 aromatic carbocycles. The molecule has 0 aromatic heterocycles. The quantitative estimate of drug-likeness (QED) is 0.840. The molecule has 0 amide bonds. The van der Waals surface area contributed by atoms with Gasteiger partial charge in [-0.25, -0.2) is 0 Å². The summed E-state index contributed by atoms with van der Waals surface area (Å²) in [4.78, 5) is 0. The van der Waals surface area contributed by atoms with Crippen molar-refractivity contribution in [3.8, 4) is 0 Å². The highest BCUT2D eigenvalue weighted by atomic mass is 127. The number of anilines is 1. The van der Waals surface area contributed by atoms with Crippen LogP contribution in [0.3, 0.4) is 0 Å². The predicted octanol–water partition coefficient (Wildman–Crippen LogP) is 4.09. The fourth-order valence-electron chi connectivity index (χ4n) is 1.54. The van der Waals surface area contributed by atoms with Gasteiger partial charge in [0.1, 0.15) is 0 Å². The van der Waals surface area contributed by atoms with Gasteiger partial charge in [0, 0.05) is 15.8 Å². The van der Waals surface area contributed by atoms with E-state index in [1.54, 1.807) is 0 Å². The average molecular weight is 322 g/mol. The van der Waals surface area contributed by atoms with Crippen LogP contribution < -0.4 is 5.32 Å². The topological polar surface area (TPSA) is 12.0 Å². The average Bonchev–Trinajstić information content (AvgIpc) is 2.28. The summed E-state index contributed by atoms with van der Waals surface area (Å²) in [6, 6.07) is 16.6. The summed E-state index contributed by atoms with van der Waals surface area (Å²) in [6.45, 7) is 4.82. The highest BCUT2D eigenvalue weighted by molar-refractivity contribution is 14.1. The number of para-hydroxylation sites is 1. The van der Waals surface area contributed by atoms with Crippen LogP contribution in [0.15, 0.2) is 48.5 Å². The first-order valence-electron chi connectivity index (χ1n) is 5.15. The van der Waals surface area contributed by atoms with Crippen molar-refractivity contribution in [1.29, 1.82) is 0 Å². The number of nitrogens with one attached hydrogen (secondary N) is 1. The van der Waals surface area contributed by atoms with Crippen LogP contribution in [-0.2, 0) is 6.54 Å². The zero-order valence-electron chi connectivity index (χ0n) is 8.91. The Balaban J connectivity index is 2.05. The number of hydrogen-bond donors (Lipinski definition) is 1. The van der Waals surface area contributed by atoms with Gasteiger partial charge in [-0.3, -0.25) is 0 Å². The summed E-state index contributed by atoms with van der Waals surface area (Å²) < 4.78 is 1.26. The van der Waals surface area contributed by atoms with Gasteiger partial charge in [0.05, 0.1) is 0 Å². The van der Waals surface area contributed by atoms with Gasteiger partial charge in [-0.2, -0.15) is 0 Å². The van der Waals surface area contributed by atoms with E-state index in [1.807, 2.05) is 18.2 Å². The zero-order chi connectivity index (χ0) is 11.4. The van der Waals surface area contributed by atoms with Gasteiger partial charge in [-0.15, -0.1) is 0 Å². The molecular weight excluding hydrogens is 309 g/mol. The number of benzene rings is 2. The minimum Gasteiger partial charge on any atom is -0.381 e. The molecule has 1 N–H and O–H groups in total. The van der Waals surface area contributed by atoms with Crippen molar-refractivity contribution in [2.24, 2.45) is 0 Å². The van der Waals surface area contributed by atoms with Crippen LogP contribution in [-0.4, -0.2) is 0 Å². The Morgan fingerprint density at radius 3 is 2.62 bits per heavy atom. The lowest BCUT2D eigenvalue weighted by Crippen LogP contribution is -2.00. The van der Waals surface area contributed by atoms with Crippen LogP contribution in [0.1, 0.15) is 11.1 Å². The van der Waals surface area contributed by atoms with E-state index in [1.165, 1.54) is 9.13 Å². The molecule has 0 bridgehead atoms. The van der Waals surface area contributed by atoms with E-state index in [2.05, 4.69) is 65.2 Å². The predicted molar refractivity (Wildman–Crippen MR) is 77.4 cm³/mol. The molecule has 0 heterocycles. The van der Waals surface area contributed by atoms with Gasteiger partial charge < -0.3 is 5.32 Å². The van der Waals surface area contributed by atoms with Crippen LogP contribution >= 0.6 is 22.6 Å². The number of hydrogen-bond acceptors (Lipinski definition) is 1. The lowest BCUT2D eigenvalue weighted by Gasteiger charge is -2.09. The van der Waals surface area contributed by atoms with Crippen LogP contribution in [0.4, 0.5) is 5.69 Å². The smallest absolute Gasteiger partial charge is 0.0401 e. The molecule has 0 aliphatic rings. The Morgan fingerprint density at radius 2 is 1.88 bits per heavy atom. The lowest BCUT2D eigenvalue weighted by molar-refractivity contribution is 1.14. The third-order valence-electron chi connectivity index (χ3n) is 2.39. The first-order valence-corrected chi connectivity index (χ1v) is 6.23. The molecule has 0 aliphatic carbocycles. The van der Waals surface area contributed by atoms with Crippen LogP contribution in [0.5, 0.6) is 0 Å². The maximum absolute atomic E-state index is 3.99.